The summed E-state index contributed by atoms with van der Waals surface area (Å²) >= 11 is 0. The molecule has 3 heterocycles. The van der Waals surface area contributed by atoms with Gasteiger partial charge in [0, 0.05) is 37.6 Å². The molecule has 1 saturated carbocycles. The Bertz CT molecular complexity index is 566. The average Bonchev–Trinajstić information content (AvgIpc) is 3.36. The van der Waals surface area contributed by atoms with Crippen LogP contribution in [-0.2, 0) is 16.1 Å². The van der Waals surface area contributed by atoms with Gasteiger partial charge in [0.2, 0.25) is 11.8 Å². The van der Waals surface area contributed by atoms with Crippen LogP contribution in [0.3, 0.4) is 0 Å². The highest BCUT2D eigenvalue weighted by Crippen LogP contribution is 2.29. The Kier molecular flexibility index (Phi) is 4.80. The second-order valence-corrected chi connectivity index (χ2v) is 7.29. The molecule has 1 amide bonds. The monoisotopic (exact) mass is 334 g/mol. The van der Waals surface area contributed by atoms with Crippen LogP contribution in [0.4, 0.5) is 0 Å². The fraction of sp³-hybridized carbons (Fsp3) is 0.824. The number of piperidine rings is 1. The molecule has 24 heavy (non-hydrogen) atoms. The maximum atomic E-state index is 11.9. The van der Waals surface area contributed by atoms with Crippen LogP contribution >= 0.6 is 0 Å². The first-order chi connectivity index (χ1) is 11.8. The third-order valence-corrected chi connectivity index (χ3v) is 5.22. The first-order valence-electron chi connectivity index (χ1n) is 9.21. The van der Waals surface area contributed by atoms with Crippen molar-refractivity contribution in [3.63, 3.8) is 0 Å². The molecule has 0 spiro atoms. The van der Waals surface area contributed by atoms with Crippen LogP contribution in [0.1, 0.15) is 56.2 Å². The molecule has 1 atom stereocenters. The predicted molar refractivity (Wildman–Crippen MR) is 86.3 cm³/mol. The molecule has 1 unspecified atom stereocenters. The van der Waals surface area contributed by atoms with E-state index in [1.165, 1.54) is 0 Å². The highest BCUT2D eigenvalue weighted by molar-refractivity contribution is 5.81. The number of ether oxygens (including phenoxy) is 1. The minimum absolute atomic E-state index is 0.239. The Balaban J connectivity index is 1.29. The minimum Gasteiger partial charge on any atom is -0.381 e. The molecule has 132 valence electrons. The van der Waals surface area contributed by atoms with Crippen molar-refractivity contribution < 1.29 is 14.1 Å². The smallest absolute Gasteiger partial charge is 0.229 e. The number of amides is 1. The van der Waals surface area contributed by atoms with E-state index >= 15 is 0 Å². The SMILES string of the molecule is O=C(NC1CCCN(Cc2noc(C3CCOCC3)n2)C1)C1CC1. The lowest BCUT2D eigenvalue weighted by atomic mass is 10.0. The molecule has 1 aromatic rings. The van der Waals surface area contributed by atoms with E-state index in [9.17, 15) is 4.79 Å². The van der Waals surface area contributed by atoms with Crippen LogP contribution in [0, 0.1) is 5.92 Å². The molecule has 3 fully saturated rings. The van der Waals surface area contributed by atoms with Crippen molar-refractivity contribution >= 4 is 5.91 Å². The van der Waals surface area contributed by atoms with Crippen LogP contribution in [-0.4, -0.2) is 53.3 Å². The Morgan fingerprint density at radius 2 is 2.04 bits per heavy atom. The van der Waals surface area contributed by atoms with Gasteiger partial charge in [0.25, 0.3) is 0 Å². The van der Waals surface area contributed by atoms with Gasteiger partial charge < -0.3 is 14.6 Å². The largest absolute Gasteiger partial charge is 0.381 e. The minimum atomic E-state index is 0.239. The summed E-state index contributed by atoms with van der Waals surface area (Å²) in [7, 11) is 0. The third kappa shape index (κ3) is 3.95. The molecule has 2 aliphatic heterocycles. The molecule has 0 bridgehead atoms. The normalized spacial score (nSPS) is 26.4. The highest BCUT2D eigenvalue weighted by Gasteiger charge is 2.32. The van der Waals surface area contributed by atoms with Crippen LogP contribution in [0.5, 0.6) is 0 Å². The number of rotatable bonds is 5. The van der Waals surface area contributed by atoms with Crippen molar-refractivity contribution in [1.82, 2.24) is 20.4 Å². The van der Waals surface area contributed by atoms with Gasteiger partial charge in [-0.3, -0.25) is 9.69 Å². The van der Waals surface area contributed by atoms with Crippen molar-refractivity contribution in [1.29, 1.82) is 0 Å². The van der Waals surface area contributed by atoms with Crippen molar-refractivity contribution in [2.75, 3.05) is 26.3 Å². The van der Waals surface area contributed by atoms with Crippen molar-refractivity contribution in [3.8, 4) is 0 Å². The Hall–Kier alpha value is -1.47. The molecular weight excluding hydrogens is 308 g/mol. The summed E-state index contributed by atoms with van der Waals surface area (Å²) in [5.41, 5.74) is 0. The van der Waals surface area contributed by atoms with E-state index in [2.05, 4.69) is 20.4 Å². The van der Waals surface area contributed by atoms with E-state index in [1.807, 2.05) is 0 Å². The number of carbonyl (C=O) groups is 1. The lowest BCUT2D eigenvalue weighted by molar-refractivity contribution is -0.123. The van der Waals surface area contributed by atoms with Crippen LogP contribution in [0.2, 0.25) is 0 Å². The molecule has 1 N–H and O–H groups in total. The van der Waals surface area contributed by atoms with E-state index in [0.717, 1.165) is 76.5 Å². The predicted octanol–water partition coefficient (Wildman–Crippen LogP) is 1.45. The first-order valence-corrected chi connectivity index (χ1v) is 9.21. The molecule has 3 aliphatic rings. The summed E-state index contributed by atoms with van der Waals surface area (Å²) in [5.74, 6) is 2.37. The van der Waals surface area contributed by atoms with Gasteiger partial charge in [0.1, 0.15) is 0 Å². The molecule has 7 heteroatoms. The highest BCUT2D eigenvalue weighted by atomic mass is 16.5. The van der Waals surface area contributed by atoms with Crippen molar-refractivity contribution in [3.05, 3.63) is 11.7 Å². The second kappa shape index (κ2) is 7.19. The van der Waals surface area contributed by atoms with E-state index in [0.29, 0.717) is 12.5 Å². The molecule has 0 aromatic carbocycles. The second-order valence-electron chi connectivity index (χ2n) is 7.29. The van der Waals surface area contributed by atoms with Crippen molar-refractivity contribution in [2.24, 2.45) is 5.92 Å². The summed E-state index contributed by atoms with van der Waals surface area (Å²) in [6.45, 7) is 4.15. The molecule has 2 saturated heterocycles. The zero-order valence-electron chi connectivity index (χ0n) is 14.1. The Morgan fingerprint density at radius 1 is 1.21 bits per heavy atom. The van der Waals surface area contributed by atoms with Gasteiger partial charge in [-0.2, -0.15) is 4.98 Å². The fourth-order valence-corrected chi connectivity index (χ4v) is 3.62. The van der Waals surface area contributed by atoms with Gasteiger partial charge in [-0.05, 0) is 45.1 Å². The summed E-state index contributed by atoms with van der Waals surface area (Å²) in [4.78, 5) is 18.8. The Morgan fingerprint density at radius 3 is 2.83 bits per heavy atom. The summed E-state index contributed by atoms with van der Waals surface area (Å²) in [5, 5.41) is 7.35. The lowest BCUT2D eigenvalue weighted by Crippen LogP contribution is -2.47. The molecule has 0 radical (unpaired) electrons. The fourth-order valence-electron chi connectivity index (χ4n) is 3.62. The maximum Gasteiger partial charge on any atom is 0.229 e. The first kappa shape index (κ1) is 16.0. The average molecular weight is 334 g/mol. The summed E-state index contributed by atoms with van der Waals surface area (Å²) in [6.07, 6.45) is 6.19. The number of hydrogen-bond donors (Lipinski definition) is 1. The van der Waals surface area contributed by atoms with Gasteiger partial charge in [0.05, 0.1) is 6.54 Å². The van der Waals surface area contributed by atoms with Gasteiger partial charge in [-0.15, -0.1) is 0 Å². The number of carbonyl (C=O) groups excluding carboxylic acids is 1. The van der Waals surface area contributed by atoms with Gasteiger partial charge in [-0.25, -0.2) is 0 Å². The standard InChI is InChI=1S/C17H26N4O3/c22-16(12-3-4-12)18-14-2-1-7-21(10-14)11-15-19-17(24-20-15)13-5-8-23-9-6-13/h12-14H,1-11H2,(H,18,22). The topological polar surface area (TPSA) is 80.5 Å². The quantitative estimate of drug-likeness (QED) is 0.878. The van der Waals surface area contributed by atoms with Gasteiger partial charge in [-0.1, -0.05) is 5.16 Å². The van der Waals surface area contributed by atoms with E-state index in [-0.39, 0.29) is 17.9 Å². The molecule has 7 nitrogen and oxygen atoms in total. The number of hydrogen-bond acceptors (Lipinski definition) is 6. The van der Waals surface area contributed by atoms with Gasteiger partial charge >= 0.3 is 0 Å². The Labute approximate surface area is 142 Å². The lowest BCUT2D eigenvalue weighted by Gasteiger charge is -2.32. The van der Waals surface area contributed by atoms with Crippen molar-refractivity contribution in [2.45, 2.75) is 57.0 Å². The molecule has 1 aromatic heterocycles. The third-order valence-electron chi connectivity index (χ3n) is 5.22. The molecule has 4 rings (SSSR count). The van der Waals surface area contributed by atoms with Crippen LogP contribution in [0.15, 0.2) is 4.52 Å². The maximum absolute atomic E-state index is 11.9. The number of nitrogens with one attached hydrogen (secondary N) is 1. The number of nitrogens with zero attached hydrogens (tertiary/aromatic N) is 3. The summed E-state index contributed by atoms with van der Waals surface area (Å²) < 4.78 is 10.8. The zero-order valence-corrected chi connectivity index (χ0v) is 14.1. The van der Waals surface area contributed by atoms with Crippen LogP contribution in [0.25, 0.3) is 0 Å². The van der Waals surface area contributed by atoms with E-state index < -0.39 is 0 Å². The zero-order chi connectivity index (χ0) is 16.4. The van der Waals surface area contributed by atoms with Gasteiger partial charge in [0.15, 0.2) is 5.82 Å². The number of aromatic nitrogens is 2. The van der Waals surface area contributed by atoms with E-state index in [4.69, 9.17) is 9.26 Å². The number of likely N-dealkylation sites (tertiary alicyclic amines) is 1. The molecule has 1 aliphatic carbocycles. The van der Waals surface area contributed by atoms with Crippen LogP contribution < -0.4 is 5.32 Å². The molecular formula is C17H26N4O3. The summed E-state index contributed by atoms with van der Waals surface area (Å²) in [6, 6.07) is 0.258. The van der Waals surface area contributed by atoms with E-state index in [1.54, 1.807) is 0 Å².